The second-order valence-corrected chi connectivity index (χ2v) is 5.43. The molecule has 20 heavy (non-hydrogen) atoms. The smallest absolute Gasteiger partial charge is 0.339 e. The Morgan fingerprint density at radius 1 is 1.15 bits per heavy atom. The molecule has 0 radical (unpaired) electrons. The van der Waals surface area contributed by atoms with Crippen LogP contribution in [0.4, 0.5) is 0 Å². The molecule has 5 heteroatoms. The third-order valence-corrected chi connectivity index (χ3v) is 4.23. The van der Waals surface area contributed by atoms with Crippen molar-refractivity contribution < 1.29 is 19.4 Å². The second kappa shape index (κ2) is 5.25. The van der Waals surface area contributed by atoms with E-state index in [2.05, 4.69) is 4.90 Å². The fourth-order valence-electron chi connectivity index (χ4n) is 3.09. The Balaban J connectivity index is 1.75. The Kier molecular flexibility index (Phi) is 3.44. The SMILES string of the molecule is O=C(O)c1ccccc1C(=O)OC1CN2CCC1CC2. The zero-order valence-electron chi connectivity index (χ0n) is 11.1. The standard InChI is InChI=1S/C15H17NO4/c17-14(18)11-3-1-2-4-12(11)15(19)20-13-9-16-7-5-10(13)6-8-16/h1-4,10,13H,5-9H2,(H,17,18). The highest BCUT2D eigenvalue weighted by Crippen LogP contribution is 2.30. The summed E-state index contributed by atoms with van der Waals surface area (Å²) in [4.78, 5) is 25.6. The summed E-state index contributed by atoms with van der Waals surface area (Å²) in [6, 6.07) is 6.19. The number of carbonyl (C=O) groups excluding carboxylic acids is 1. The van der Waals surface area contributed by atoms with Gasteiger partial charge in [0.2, 0.25) is 0 Å². The van der Waals surface area contributed by atoms with Gasteiger partial charge in [-0.3, -0.25) is 4.90 Å². The van der Waals surface area contributed by atoms with Crippen molar-refractivity contribution in [2.45, 2.75) is 18.9 Å². The van der Waals surface area contributed by atoms with Crippen molar-refractivity contribution in [2.75, 3.05) is 19.6 Å². The Bertz CT molecular complexity index is 534. The lowest BCUT2D eigenvalue weighted by Gasteiger charge is -2.43. The van der Waals surface area contributed by atoms with E-state index in [1.54, 1.807) is 12.1 Å². The molecule has 3 heterocycles. The van der Waals surface area contributed by atoms with Crippen LogP contribution in [0.1, 0.15) is 33.6 Å². The van der Waals surface area contributed by atoms with Crippen molar-refractivity contribution >= 4 is 11.9 Å². The molecular weight excluding hydrogens is 258 g/mol. The van der Waals surface area contributed by atoms with Crippen molar-refractivity contribution in [3.63, 3.8) is 0 Å². The van der Waals surface area contributed by atoms with Crippen LogP contribution in [0, 0.1) is 5.92 Å². The number of esters is 1. The third kappa shape index (κ3) is 2.41. The molecule has 3 saturated heterocycles. The Labute approximate surface area is 117 Å². The van der Waals surface area contributed by atoms with Gasteiger partial charge in [-0.25, -0.2) is 9.59 Å². The van der Waals surface area contributed by atoms with Crippen molar-refractivity contribution in [1.82, 2.24) is 4.90 Å². The molecule has 3 aliphatic rings. The van der Waals surface area contributed by atoms with Gasteiger partial charge in [-0.1, -0.05) is 12.1 Å². The molecule has 0 spiro atoms. The van der Waals surface area contributed by atoms with Crippen LogP contribution in [0.25, 0.3) is 0 Å². The van der Waals surface area contributed by atoms with Crippen LogP contribution < -0.4 is 0 Å². The predicted octanol–water partition coefficient (Wildman–Crippen LogP) is 1.64. The van der Waals surface area contributed by atoms with Gasteiger partial charge >= 0.3 is 11.9 Å². The maximum atomic E-state index is 12.2. The molecule has 0 amide bonds. The van der Waals surface area contributed by atoms with Crippen LogP contribution in [0.3, 0.4) is 0 Å². The van der Waals surface area contributed by atoms with E-state index in [1.807, 2.05) is 0 Å². The summed E-state index contributed by atoms with van der Waals surface area (Å²) in [6.45, 7) is 2.92. The molecule has 1 aromatic carbocycles. The fraction of sp³-hybridized carbons (Fsp3) is 0.467. The van der Waals surface area contributed by atoms with Gasteiger partial charge in [0.25, 0.3) is 0 Å². The molecule has 0 aromatic heterocycles. The first kappa shape index (κ1) is 13.1. The largest absolute Gasteiger partial charge is 0.478 e. The van der Waals surface area contributed by atoms with Crippen LogP contribution in [0.2, 0.25) is 0 Å². The Hall–Kier alpha value is -1.88. The van der Waals surface area contributed by atoms with Gasteiger partial charge in [0.15, 0.2) is 0 Å². The van der Waals surface area contributed by atoms with Gasteiger partial charge in [0, 0.05) is 6.54 Å². The minimum absolute atomic E-state index is 0.00113. The normalized spacial score (nSPS) is 28.1. The molecule has 5 nitrogen and oxygen atoms in total. The number of fused-ring (bicyclic) bond motifs is 3. The Morgan fingerprint density at radius 3 is 2.35 bits per heavy atom. The molecule has 0 aliphatic carbocycles. The summed E-state index contributed by atoms with van der Waals surface area (Å²) in [6.07, 6.45) is 2.00. The molecule has 1 N–H and O–H groups in total. The van der Waals surface area contributed by atoms with E-state index >= 15 is 0 Å². The lowest BCUT2D eigenvalue weighted by molar-refractivity contribution is -0.0456. The van der Waals surface area contributed by atoms with Gasteiger partial charge < -0.3 is 9.84 Å². The molecule has 3 fully saturated rings. The van der Waals surface area contributed by atoms with E-state index < -0.39 is 11.9 Å². The van der Waals surface area contributed by atoms with Crippen LogP contribution in [0.15, 0.2) is 24.3 Å². The lowest BCUT2D eigenvalue weighted by Crippen LogP contribution is -2.52. The fourth-order valence-corrected chi connectivity index (χ4v) is 3.09. The zero-order valence-corrected chi connectivity index (χ0v) is 11.1. The average Bonchev–Trinajstić information content (AvgIpc) is 2.48. The molecule has 0 saturated carbocycles. The number of ether oxygens (including phenoxy) is 1. The predicted molar refractivity (Wildman–Crippen MR) is 71.8 cm³/mol. The van der Waals surface area contributed by atoms with Crippen molar-refractivity contribution in [1.29, 1.82) is 0 Å². The highest BCUT2D eigenvalue weighted by molar-refractivity contribution is 6.02. The van der Waals surface area contributed by atoms with E-state index in [9.17, 15) is 9.59 Å². The van der Waals surface area contributed by atoms with Crippen LogP contribution in [-0.4, -0.2) is 47.7 Å². The van der Waals surface area contributed by atoms with E-state index in [-0.39, 0.29) is 17.2 Å². The number of hydrogen-bond acceptors (Lipinski definition) is 4. The number of rotatable bonds is 3. The summed E-state index contributed by atoms with van der Waals surface area (Å²) in [5, 5.41) is 9.11. The van der Waals surface area contributed by atoms with Gasteiger partial charge in [0.1, 0.15) is 6.10 Å². The molecule has 2 bridgehead atoms. The summed E-state index contributed by atoms with van der Waals surface area (Å²) in [5.41, 5.74) is 0.134. The van der Waals surface area contributed by atoms with Crippen LogP contribution in [0.5, 0.6) is 0 Å². The first-order valence-electron chi connectivity index (χ1n) is 6.91. The monoisotopic (exact) mass is 275 g/mol. The number of nitrogens with zero attached hydrogens (tertiary/aromatic N) is 1. The van der Waals surface area contributed by atoms with Crippen molar-refractivity contribution in [3.8, 4) is 0 Å². The van der Waals surface area contributed by atoms with E-state index in [0.29, 0.717) is 5.92 Å². The minimum atomic E-state index is -1.11. The maximum Gasteiger partial charge on any atom is 0.339 e. The number of carboxylic acid groups (broad SMARTS) is 1. The highest BCUT2D eigenvalue weighted by Gasteiger charge is 2.37. The molecule has 106 valence electrons. The highest BCUT2D eigenvalue weighted by atomic mass is 16.5. The molecule has 1 aromatic rings. The van der Waals surface area contributed by atoms with Crippen LogP contribution in [-0.2, 0) is 4.74 Å². The molecule has 1 unspecified atom stereocenters. The van der Waals surface area contributed by atoms with Gasteiger partial charge in [-0.05, 0) is 44.0 Å². The maximum absolute atomic E-state index is 12.2. The van der Waals surface area contributed by atoms with Crippen LogP contribution >= 0.6 is 0 Å². The third-order valence-electron chi connectivity index (χ3n) is 4.23. The molecule has 1 atom stereocenters. The molecule has 3 aliphatic heterocycles. The lowest BCUT2D eigenvalue weighted by atomic mass is 9.86. The van der Waals surface area contributed by atoms with Gasteiger partial charge in [-0.15, -0.1) is 0 Å². The van der Waals surface area contributed by atoms with Gasteiger partial charge in [-0.2, -0.15) is 0 Å². The zero-order chi connectivity index (χ0) is 14.1. The summed E-state index contributed by atoms with van der Waals surface area (Å²) in [5.74, 6) is -1.21. The van der Waals surface area contributed by atoms with Gasteiger partial charge in [0.05, 0.1) is 11.1 Å². The minimum Gasteiger partial charge on any atom is -0.478 e. The average molecular weight is 275 g/mol. The first-order valence-corrected chi connectivity index (χ1v) is 6.91. The molecular formula is C15H17NO4. The molecule has 4 rings (SSSR count). The van der Waals surface area contributed by atoms with E-state index in [4.69, 9.17) is 9.84 Å². The summed E-state index contributed by atoms with van der Waals surface area (Å²) >= 11 is 0. The quantitative estimate of drug-likeness (QED) is 0.849. The number of piperidine rings is 3. The number of benzene rings is 1. The summed E-state index contributed by atoms with van der Waals surface area (Å²) < 4.78 is 5.56. The van der Waals surface area contributed by atoms with Crippen molar-refractivity contribution in [3.05, 3.63) is 35.4 Å². The topological polar surface area (TPSA) is 66.8 Å². The summed E-state index contributed by atoms with van der Waals surface area (Å²) in [7, 11) is 0. The first-order chi connectivity index (χ1) is 9.65. The second-order valence-electron chi connectivity index (χ2n) is 5.43. The number of hydrogen-bond donors (Lipinski definition) is 1. The number of aromatic carboxylic acids is 1. The number of carbonyl (C=O) groups is 2. The van der Waals surface area contributed by atoms with Crippen molar-refractivity contribution in [2.24, 2.45) is 5.92 Å². The van der Waals surface area contributed by atoms with E-state index in [1.165, 1.54) is 12.1 Å². The Morgan fingerprint density at radius 2 is 1.80 bits per heavy atom. The van der Waals surface area contributed by atoms with E-state index in [0.717, 1.165) is 32.5 Å². The number of carboxylic acids is 1.